The Morgan fingerprint density at radius 3 is 1.66 bits per heavy atom. The fourth-order valence-corrected chi connectivity index (χ4v) is 2.91. The zero-order chi connectivity index (χ0) is 22.4. The van der Waals surface area contributed by atoms with Gasteiger partial charge in [-0.3, -0.25) is 30.0 Å². The second-order valence-electron chi connectivity index (χ2n) is 9.56. The van der Waals surface area contributed by atoms with Crippen molar-refractivity contribution in [1.29, 1.82) is 0 Å². The number of nitrogens with one attached hydrogen (secondary N) is 4. The molecule has 10 nitrogen and oxygen atoms in total. The third-order valence-electron chi connectivity index (χ3n) is 4.05. The molecule has 1 aliphatic rings. The number of hydrogen-bond acceptors (Lipinski definition) is 6. The molecule has 0 radical (unpaired) electrons. The molecule has 166 valence electrons. The molecule has 0 aromatic carbocycles. The second kappa shape index (κ2) is 10.0. The molecule has 1 saturated heterocycles. The zero-order valence-electron chi connectivity index (χ0n) is 18.6. The molecule has 0 aromatic rings. The third-order valence-corrected chi connectivity index (χ3v) is 4.05. The monoisotopic (exact) mass is 412 g/mol. The van der Waals surface area contributed by atoms with Crippen molar-refractivity contribution in [3.05, 3.63) is 0 Å². The SMILES string of the molecule is CC1CN(CC(=O)NC(=O)NC(C)(C)C)CCN1CC(=O)NC(=O)NC(C)(C)C. The summed E-state index contributed by atoms with van der Waals surface area (Å²) in [7, 11) is 0. The van der Waals surface area contributed by atoms with E-state index in [2.05, 4.69) is 21.3 Å². The van der Waals surface area contributed by atoms with Crippen molar-refractivity contribution in [1.82, 2.24) is 31.1 Å². The van der Waals surface area contributed by atoms with Crippen LogP contribution < -0.4 is 21.3 Å². The number of nitrogens with zero attached hydrogens (tertiary/aromatic N) is 2. The van der Waals surface area contributed by atoms with Crippen molar-refractivity contribution in [3.63, 3.8) is 0 Å². The van der Waals surface area contributed by atoms with E-state index in [1.54, 1.807) is 0 Å². The molecule has 29 heavy (non-hydrogen) atoms. The number of imide groups is 2. The topological polar surface area (TPSA) is 123 Å². The standard InChI is InChI=1S/C19H36N6O4/c1-13-10-24(11-14(26)20-16(28)22-18(2,3)4)8-9-25(13)12-15(27)21-17(29)23-19(5,6)7/h13H,8-12H2,1-7H3,(H2,20,22,26,28)(H2,21,23,27,29). The Bertz CT molecular complexity index is 623. The summed E-state index contributed by atoms with van der Waals surface area (Å²) < 4.78 is 0. The van der Waals surface area contributed by atoms with E-state index >= 15 is 0 Å². The molecule has 6 amide bonds. The van der Waals surface area contributed by atoms with Crippen LogP contribution in [0.3, 0.4) is 0 Å². The Labute approximate surface area is 173 Å². The third kappa shape index (κ3) is 10.8. The fourth-order valence-electron chi connectivity index (χ4n) is 2.91. The van der Waals surface area contributed by atoms with Crippen molar-refractivity contribution in [2.45, 2.75) is 65.6 Å². The summed E-state index contributed by atoms with van der Waals surface area (Å²) in [6.07, 6.45) is 0. The Morgan fingerprint density at radius 1 is 0.793 bits per heavy atom. The fraction of sp³-hybridized carbons (Fsp3) is 0.789. The van der Waals surface area contributed by atoms with Gasteiger partial charge in [0.05, 0.1) is 13.1 Å². The zero-order valence-corrected chi connectivity index (χ0v) is 18.6. The molecule has 0 saturated carbocycles. The van der Waals surface area contributed by atoms with E-state index in [1.165, 1.54) is 0 Å². The van der Waals surface area contributed by atoms with Crippen molar-refractivity contribution >= 4 is 23.9 Å². The van der Waals surface area contributed by atoms with Crippen molar-refractivity contribution < 1.29 is 19.2 Å². The van der Waals surface area contributed by atoms with Crippen molar-refractivity contribution in [2.24, 2.45) is 0 Å². The number of piperazine rings is 1. The van der Waals surface area contributed by atoms with Gasteiger partial charge in [-0.15, -0.1) is 0 Å². The number of carbonyl (C=O) groups excluding carboxylic acids is 4. The first-order valence-corrected chi connectivity index (χ1v) is 9.85. The van der Waals surface area contributed by atoms with Gasteiger partial charge in [-0.1, -0.05) is 0 Å². The Balaban J connectivity index is 2.40. The number of rotatable bonds is 4. The maximum absolute atomic E-state index is 12.1. The van der Waals surface area contributed by atoms with Crippen molar-refractivity contribution in [3.8, 4) is 0 Å². The molecular weight excluding hydrogens is 376 g/mol. The highest BCUT2D eigenvalue weighted by atomic mass is 16.2. The van der Waals surface area contributed by atoms with Crippen LogP contribution in [0.25, 0.3) is 0 Å². The molecule has 4 N–H and O–H groups in total. The maximum Gasteiger partial charge on any atom is 0.321 e. The van der Waals surface area contributed by atoms with E-state index in [4.69, 9.17) is 0 Å². The van der Waals surface area contributed by atoms with Crippen LogP contribution in [0.15, 0.2) is 0 Å². The highest BCUT2D eigenvalue weighted by Crippen LogP contribution is 2.09. The van der Waals surface area contributed by atoms with Gasteiger partial charge in [0, 0.05) is 36.8 Å². The van der Waals surface area contributed by atoms with E-state index in [9.17, 15) is 19.2 Å². The number of amides is 6. The molecule has 0 spiro atoms. The molecule has 1 unspecified atom stereocenters. The summed E-state index contributed by atoms with van der Waals surface area (Å²) >= 11 is 0. The first kappa shape index (κ1) is 24.8. The Hall–Kier alpha value is -2.20. The van der Waals surface area contributed by atoms with Crippen LogP contribution in [0.2, 0.25) is 0 Å². The van der Waals surface area contributed by atoms with Crippen LogP contribution in [0.1, 0.15) is 48.5 Å². The quantitative estimate of drug-likeness (QED) is 0.525. The summed E-state index contributed by atoms with van der Waals surface area (Å²) in [4.78, 5) is 51.6. The summed E-state index contributed by atoms with van der Waals surface area (Å²) in [6, 6.07) is -1.00. The minimum Gasteiger partial charge on any atom is -0.333 e. The van der Waals surface area contributed by atoms with Crippen LogP contribution in [0.4, 0.5) is 9.59 Å². The van der Waals surface area contributed by atoms with E-state index in [0.717, 1.165) is 0 Å². The van der Waals surface area contributed by atoms with Gasteiger partial charge in [0.1, 0.15) is 0 Å². The van der Waals surface area contributed by atoms with Gasteiger partial charge < -0.3 is 10.6 Å². The maximum atomic E-state index is 12.1. The first-order valence-electron chi connectivity index (χ1n) is 9.85. The van der Waals surface area contributed by atoms with Gasteiger partial charge in [0.2, 0.25) is 11.8 Å². The van der Waals surface area contributed by atoms with E-state index in [-0.39, 0.29) is 30.9 Å². The van der Waals surface area contributed by atoms with Gasteiger partial charge in [0.25, 0.3) is 0 Å². The summed E-state index contributed by atoms with van der Waals surface area (Å²) in [5.41, 5.74) is -0.845. The van der Waals surface area contributed by atoms with Gasteiger partial charge in [-0.25, -0.2) is 9.59 Å². The van der Waals surface area contributed by atoms with Crippen LogP contribution in [-0.4, -0.2) is 83.5 Å². The lowest BCUT2D eigenvalue weighted by molar-refractivity contribution is -0.124. The lowest BCUT2D eigenvalue weighted by Crippen LogP contribution is -2.57. The molecule has 1 rings (SSSR count). The van der Waals surface area contributed by atoms with Crippen LogP contribution in [0, 0.1) is 0 Å². The molecule has 0 bridgehead atoms. The van der Waals surface area contributed by atoms with Gasteiger partial charge in [-0.2, -0.15) is 0 Å². The van der Waals surface area contributed by atoms with Gasteiger partial charge in [0.15, 0.2) is 0 Å². The van der Waals surface area contributed by atoms with Crippen LogP contribution in [0.5, 0.6) is 0 Å². The highest BCUT2D eigenvalue weighted by molar-refractivity contribution is 5.96. The molecule has 10 heteroatoms. The van der Waals surface area contributed by atoms with Crippen molar-refractivity contribution in [2.75, 3.05) is 32.7 Å². The molecule has 1 heterocycles. The molecule has 0 aromatic heterocycles. The van der Waals surface area contributed by atoms with E-state index in [1.807, 2.05) is 58.3 Å². The smallest absolute Gasteiger partial charge is 0.321 e. The lowest BCUT2D eigenvalue weighted by Gasteiger charge is -2.39. The molecule has 1 aliphatic heterocycles. The first-order chi connectivity index (χ1) is 13.1. The molecule has 0 aliphatic carbocycles. The molecular formula is C19H36N6O4. The minimum absolute atomic E-state index is 0.0244. The largest absolute Gasteiger partial charge is 0.333 e. The second-order valence-corrected chi connectivity index (χ2v) is 9.56. The van der Waals surface area contributed by atoms with Gasteiger partial charge >= 0.3 is 12.1 Å². The van der Waals surface area contributed by atoms with E-state index in [0.29, 0.717) is 19.6 Å². The number of hydrogen-bond donors (Lipinski definition) is 4. The van der Waals surface area contributed by atoms with E-state index < -0.39 is 23.1 Å². The summed E-state index contributed by atoms with van der Waals surface area (Å²) in [6.45, 7) is 14.9. The summed E-state index contributed by atoms with van der Waals surface area (Å²) in [5, 5.41) is 10.0. The average Bonchev–Trinajstić information content (AvgIpc) is 2.45. The minimum atomic E-state index is -0.515. The predicted molar refractivity (Wildman–Crippen MR) is 110 cm³/mol. The summed E-state index contributed by atoms with van der Waals surface area (Å²) in [5.74, 6) is -0.743. The van der Waals surface area contributed by atoms with Gasteiger partial charge in [-0.05, 0) is 48.5 Å². The van der Waals surface area contributed by atoms with Crippen LogP contribution in [-0.2, 0) is 9.59 Å². The number of carbonyl (C=O) groups is 4. The highest BCUT2D eigenvalue weighted by Gasteiger charge is 2.27. The Kier molecular flexibility index (Phi) is 8.58. The lowest BCUT2D eigenvalue weighted by atomic mass is 10.1. The molecule has 1 fully saturated rings. The number of urea groups is 2. The van der Waals surface area contributed by atoms with Crippen LogP contribution >= 0.6 is 0 Å². The molecule has 1 atom stereocenters. The average molecular weight is 413 g/mol. The normalized spacial score (nSPS) is 18.7. The Morgan fingerprint density at radius 2 is 1.24 bits per heavy atom. The predicted octanol–water partition coefficient (Wildman–Crippen LogP) is 0.241.